The summed E-state index contributed by atoms with van der Waals surface area (Å²) in [6, 6.07) is 0. The minimum absolute atomic E-state index is 0.00113. The molecular formula is C18H28O6. The van der Waals surface area contributed by atoms with E-state index < -0.39 is 11.9 Å². The van der Waals surface area contributed by atoms with Crippen LogP contribution < -0.4 is 0 Å². The lowest BCUT2D eigenvalue weighted by atomic mass is 9.88. The van der Waals surface area contributed by atoms with Gasteiger partial charge in [-0.1, -0.05) is 20.4 Å². The zero-order valence-electron chi connectivity index (χ0n) is 14.9. The average molecular weight is 340 g/mol. The summed E-state index contributed by atoms with van der Waals surface area (Å²) in [5, 5.41) is 0. The summed E-state index contributed by atoms with van der Waals surface area (Å²) >= 11 is 0. The first-order valence-corrected chi connectivity index (χ1v) is 8.47. The van der Waals surface area contributed by atoms with Crippen LogP contribution in [0.5, 0.6) is 0 Å². The molecule has 0 aromatic carbocycles. The number of carbonyl (C=O) groups excluding carboxylic acids is 3. The molecule has 0 amide bonds. The van der Waals surface area contributed by atoms with Crippen molar-refractivity contribution in [3.05, 3.63) is 12.2 Å². The van der Waals surface area contributed by atoms with E-state index in [1.807, 2.05) is 0 Å². The van der Waals surface area contributed by atoms with Crippen molar-refractivity contribution in [2.45, 2.75) is 64.9 Å². The summed E-state index contributed by atoms with van der Waals surface area (Å²) in [6.45, 7) is 9.02. The highest BCUT2D eigenvalue weighted by Crippen LogP contribution is 2.39. The summed E-state index contributed by atoms with van der Waals surface area (Å²) < 4.78 is 15.4. The third kappa shape index (κ3) is 6.34. The maximum absolute atomic E-state index is 12.0. The number of rotatable bonds is 9. The molecule has 1 aliphatic rings. The fourth-order valence-electron chi connectivity index (χ4n) is 2.74. The Labute approximate surface area is 143 Å². The highest BCUT2D eigenvalue weighted by Gasteiger charge is 2.40. The lowest BCUT2D eigenvalue weighted by Gasteiger charge is -2.33. The number of carbonyl (C=O) groups is 3. The summed E-state index contributed by atoms with van der Waals surface area (Å²) in [5.74, 6) is -1.14. The summed E-state index contributed by atoms with van der Waals surface area (Å²) in [4.78, 5) is 34.7. The van der Waals surface area contributed by atoms with Gasteiger partial charge >= 0.3 is 17.9 Å². The smallest absolute Gasteiger partial charge is 0.333 e. The molecule has 0 aliphatic heterocycles. The van der Waals surface area contributed by atoms with Crippen LogP contribution in [0.3, 0.4) is 0 Å². The Morgan fingerprint density at radius 1 is 1.00 bits per heavy atom. The van der Waals surface area contributed by atoms with E-state index in [4.69, 9.17) is 14.2 Å². The van der Waals surface area contributed by atoms with Crippen molar-refractivity contribution in [2.24, 2.45) is 5.92 Å². The number of hydrogen-bond donors (Lipinski definition) is 0. The predicted octanol–water partition coefficient (Wildman–Crippen LogP) is 2.94. The second kappa shape index (κ2) is 9.45. The monoisotopic (exact) mass is 340 g/mol. The minimum Gasteiger partial charge on any atom is -0.462 e. The van der Waals surface area contributed by atoms with Crippen LogP contribution in [0.4, 0.5) is 0 Å². The van der Waals surface area contributed by atoms with Crippen LogP contribution in [0.15, 0.2) is 12.2 Å². The van der Waals surface area contributed by atoms with Gasteiger partial charge in [0.2, 0.25) is 0 Å². The molecule has 0 unspecified atom stereocenters. The van der Waals surface area contributed by atoms with Gasteiger partial charge in [0, 0.05) is 5.57 Å². The van der Waals surface area contributed by atoms with Crippen molar-refractivity contribution in [2.75, 3.05) is 13.2 Å². The van der Waals surface area contributed by atoms with Crippen LogP contribution in [0, 0.1) is 5.92 Å². The van der Waals surface area contributed by atoms with Gasteiger partial charge in [0.15, 0.2) is 0 Å². The molecule has 136 valence electrons. The van der Waals surface area contributed by atoms with Crippen LogP contribution in [0.1, 0.15) is 59.3 Å². The van der Waals surface area contributed by atoms with E-state index in [0.29, 0.717) is 0 Å². The molecule has 0 radical (unpaired) electrons. The van der Waals surface area contributed by atoms with Gasteiger partial charge in [0.05, 0.1) is 12.8 Å². The second-order valence-corrected chi connectivity index (χ2v) is 6.54. The zero-order valence-corrected chi connectivity index (χ0v) is 14.9. The van der Waals surface area contributed by atoms with Gasteiger partial charge in [-0.15, -0.1) is 0 Å². The van der Waals surface area contributed by atoms with Gasteiger partial charge in [-0.05, 0) is 38.5 Å². The van der Waals surface area contributed by atoms with Crippen molar-refractivity contribution >= 4 is 17.9 Å². The van der Waals surface area contributed by atoms with Crippen molar-refractivity contribution in [1.29, 1.82) is 0 Å². The van der Waals surface area contributed by atoms with Gasteiger partial charge in [-0.25, -0.2) is 4.79 Å². The Balaban J connectivity index is 2.23. The SMILES string of the molecule is C=C(C)C(=O)OCCOC(=O)CCC(=O)OC1(C(C)C)CCCC1. The number of esters is 3. The molecule has 1 aliphatic carbocycles. The van der Waals surface area contributed by atoms with Gasteiger partial charge in [-0.3, -0.25) is 9.59 Å². The van der Waals surface area contributed by atoms with Crippen LogP contribution >= 0.6 is 0 Å². The van der Waals surface area contributed by atoms with Crippen molar-refractivity contribution < 1.29 is 28.6 Å². The van der Waals surface area contributed by atoms with Gasteiger partial charge in [-0.2, -0.15) is 0 Å². The molecule has 0 bridgehead atoms. The molecule has 0 atom stereocenters. The van der Waals surface area contributed by atoms with Crippen molar-refractivity contribution in [3.8, 4) is 0 Å². The van der Waals surface area contributed by atoms with E-state index in [1.54, 1.807) is 0 Å². The highest BCUT2D eigenvalue weighted by atomic mass is 16.6. The molecule has 1 saturated carbocycles. The summed E-state index contributed by atoms with van der Waals surface area (Å²) in [6.07, 6.45) is 3.86. The molecular weight excluding hydrogens is 312 g/mol. The molecule has 24 heavy (non-hydrogen) atoms. The molecule has 1 fully saturated rings. The third-order valence-corrected chi connectivity index (χ3v) is 4.28. The van der Waals surface area contributed by atoms with Crippen molar-refractivity contribution in [1.82, 2.24) is 0 Å². The Bertz CT molecular complexity index is 474. The van der Waals surface area contributed by atoms with E-state index in [9.17, 15) is 14.4 Å². The highest BCUT2D eigenvalue weighted by molar-refractivity contribution is 5.86. The van der Waals surface area contributed by atoms with Gasteiger partial charge in [0.25, 0.3) is 0 Å². The molecule has 0 spiro atoms. The Kier molecular flexibility index (Phi) is 7.95. The lowest BCUT2D eigenvalue weighted by molar-refractivity contribution is -0.166. The van der Waals surface area contributed by atoms with Crippen LogP contribution in [-0.2, 0) is 28.6 Å². The normalized spacial score (nSPS) is 15.8. The predicted molar refractivity (Wildman–Crippen MR) is 88.1 cm³/mol. The van der Waals surface area contributed by atoms with Gasteiger partial charge < -0.3 is 14.2 Å². The summed E-state index contributed by atoms with van der Waals surface area (Å²) in [5.41, 5.74) is -0.0901. The first-order chi connectivity index (χ1) is 11.3. The lowest BCUT2D eigenvalue weighted by Crippen LogP contribution is -2.37. The topological polar surface area (TPSA) is 78.9 Å². The maximum Gasteiger partial charge on any atom is 0.333 e. The maximum atomic E-state index is 12.0. The van der Waals surface area contributed by atoms with Gasteiger partial charge in [0.1, 0.15) is 18.8 Å². The van der Waals surface area contributed by atoms with E-state index >= 15 is 0 Å². The van der Waals surface area contributed by atoms with E-state index in [2.05, 4.69) is 20.4 Å². The van der Waals surface area contributed by atoms with Crippen molar-refractivity contribution in [3.63, 3.8) is 0 Å². The number of ether oxygens (including phenoxy) is 3. The quantitative estimate of drug-likeness (QED) is 0.278. The molecule has 0 saturated heterocycles. The molecule has 6 heteroatoms. The first-order valence-electron chi connectivity index (χ1n) is 8.47. The standard InChI is InChI=1S/C18H28O6/c1-13(2)17(21)23-12-11-22-15(19)7-8-16(20)24-18(14(3)4)9-5-6-10-18/h14H,1,5-12H2,2-4H3. The largest absolute Gasteiger partial charge is 0.462 e. The minimum atomic E-state index is -0.523. The molecule has 0 heterocycles. The van der Waals surface area contributed by atoms with Crippen LogP contribution in [0.25, 0.3) is 0 Å². The average Bonchev–Trinajstić information content (AvgIpc) is 2.99. The van der Waals surface area contributed by atoms with Crippen LogP contribution in [-0.4, -0.2) is 36.7 Å². The molecule has 0 aromatic rings. The number of hydrogen-bond acceptors (Lipinski definition) is 6. The third-order valence-electron chi connectivity index (χ3n) is 4.28. The molecule has 0 aromatic heterocycles. The second-order valence-electron chi connectivity index (χ2n) is 6.54. The van der Waals surface area contributed by atoms with E-state index in [0.717, 1.165) is 25.7 Å². The van der Waals surface area contributed by atoms with E-state index in [-0.39, 0.29) is 49.1 Å². The Hall–Kier alpha value is -1.85. The van der Waals surface area contributed by atoms with E-state index in [1.165, 1.54) is 6.92 Å². The fourth-order valence-corrected chi connectivity index (χ4v) is 2.74. The molecule has 0 N–H and O–H groups in total. The van der Waals surface area contributed by atoms with Crippen LogP contribution in [0.2, 0.25) is 0 Å². The first kappa shape index (κ1) is 20.2. The Morgan fingerprint density at radius 2 is 1.54 bits per heavy atom. The zero-order chi connectivity index (χ0) is 18.2. The fraction of sp³-hybridized carbons (Fsp3) is 0.722. The summed E-state index contributed by atoms with van der Waals surface area (Å²) in [7, 11) is 0. The molecule has 1 rings (SSSR count). The molecule has 6 nitrogen and oxygen atoms in total. The Morgan fingerprint density at radius 3 is 2.08 bits per heavy atom.